The summed E-state index contributed by atoms with van der Waals surface area (Å²) in [5, 5.41) is 2.79. The van der Waals surface area contributed by atoms with Gasteiger partial charge in [0.1, 0.15) is 11.6 Å². The van der Waals surface area contributed by atoms with Gasteiger partial charge in [0.15, 0.2) is 0 Å². The summed E-state index contributed by atoms with van der Waals surface area (Å²) in [6, 6.07) is 4.35. The molecule has 0 unspecified atom stereocenters. The van der Waals surface area contributed by atoms with Gasteiger partial charge >= 0.3 is 12.0 Å². The molecular formula is C13H14BrFN4O2. The fourth-order valence-corrected chi connectivity index (χ4v) is 1.89. The minimum atomic E-state index is -0.426. The van der Waals surface area contributed by atoms with E-state index in [9.17, 15) is 4.39 Å². The molecule has 1 aromatic heterocycles. The van der Waals surface area contributed by atoms with Crippen LogP contribution in [0.4, 0.5) is 10.3 Å². The van der Waals surface area contributed by atoms with Gasteiger partial charge in [-0.2, -0.15) is 9.97 Å². The van der Waals surface area contributed by atoms with Crippen LogP contribution in [0.15, 0.2) is 22.7 Å². The number of halogens is 2. The summed E-state index contributed by atoms with van der Waals surface area (Å²) in [7, 11) is 1.67. The number of nitrogens with one attached hydrogen (secondary N) is 1. The lowest BCUT2D eigenvalue weighted by molar-refractivity contribution is 0.285. The molecule has 0 aliphatic heterocycles. The van der Waals surface area contributed by atoms with Crippen molar-refractivity contribution >= 4 is 21.9 Å². The van der Waals surface area contributed by atoms with Crippen LogP contribution in [0, 0.1) is 5.82 Å². The van der Waals surface area contributed by atoms with E-state index >= 15 is 0 Å². The van der Waals surface area contributed by atoms with Crippen molar-refractivity contribution in [2.24, 2.45) is 0 Å². The van der Waals surface area contributed by atoms with E-state index in [4.69, 9.17) is 9.47 Å². The molecule has 2 rings (SSSR count). The number of hydrogen-bond donors (Lipinski definition) is 1. The van der Waals surface area contributed by atoms with Crippen LogP contribution in [0.1, 0.15) is 13.3 Å². The van der Waals surface area contributed by atoms with Gasteiger partial charge in [0.05, 0.1) is 6.61 Å². The Labute approximate surface area is 129 Å². The van der Waals surface area contributed by atoms with Crippen molar-refractivity contribution in [3.8, 4) is 17.8 Å². The molecule has 8 heteroatoms. The molecule has 6 nitrogen and oxygen atoms in total. The molecule has 2 aromatic rings. The first-order chi connectivity index (χ1) is 10.1. The Morgan fingerprint density at radius 3 is 2.62 bits per heavy atom. The fraction of sp³-hybridized carbons (Fsp3) is 0.308. The quantitative estimate of drug-likeness (QED) is 0.855. The van der Waals surface area contributed by atoms with Crippen LogP contribution in [0.3, 0.4) is 0 Å². The highest BCUT2D eigenvalue weighted by molar-refractivity contribution is 9.10. The normalized spacial score (nSPS) is 10.3. The maximum absolute atomic E-state index is 13.3. The van der Waals surface area contributed by atoms with Crippen LogP contribution in [-0.2, 0) is 0 Å². The van der Waals surface area contributed by atoms with E-state index in [0.717, 1.165) is 6.42 Å². The summed E-state index contributed by atoms with van der Waals surface area (Å²) in [4.78, 5) is 12.1. The number of anilines is 1. The van der Waals surface area contributed by atoms with Gasteiger partial charge in [-0.15, -0.1) is 4.98 Å². The fourth-order valence-electron chi connectivity index (χ4n) is 1.45. The summed E-state index contributed by atoms with van der Waals surface area (Å²) >= 11 is 3.19. The number of hydrogen-bond acceptors (Lipinski definition) is 6. The molecule has 0 bridgehead atoms. The van der Waals surface area contributed by atoms with Gasteiger partial charge in [-0.05, 0) is 18.6 Å². The van der Waals surface area contributed by atoms with E-state index in [1.54, 1.807) is 13.1 Å². The van der Waals surface area contributed by atoms with E-state index < -0.39 is 5.82 Å². The third-order valence-corrected chi connectivity index (χ3v) is 2.76. The van der Waals surface area contributed by atoms with Gasteiger partial charge in [-0.1, -0.05) is 22.9 Å². The molecule has 21 heavy (non-hydrogen) atoms. The van der Waals surface area contributed by atoms with Gasteiger partial charge in [0, 0.05) is 17.6 Å². The molecule has 1 aromatic carbocycles. The largest absolute Gasteiger partial charge is 0.463 e. The van der Waals surface area contributed by atoms with Crippen molar-refractivity contribution in [2.75, 3.05) is 19.0 Å². The van der Waals surface area contributed by atoms with Gasteiger partial charge < -0.3 is 14.8 Å². The molecule has 0 aliphatic rings. The molecule has 0 spiro atoms. The molecule has 1 N–H and O–H groups in total. The summed E-state index contributed by atoms with van der Waals surface area (Å²) < 4.78 is 24.7. The Morgan fingerprint density at radius 2 is 1.95 bits per heavy atom. The molecule has 0 amide bonds. The lowest BCUT2D eigenvalue weighted by atomic mass is 10.3. The van der Waals surface area contributed by atoms with Crippen LogP contribution in [0.5, 0.6) is 17.8 Å². The molecule has 0 saturated heterocycles. The maximum atomic E-state index is 13.3. The molecule has 0 atom stereocenters. The first-order valence-corrected chi connectivity index (χ1v) is 7.10. The second-order valence-corrected chi connectivity index (χ2v) is 4.95. The predicted octanol–water partition coefficient (Wildman–Crippen LogP) is 3.40. The average molecular weight is 357 g/mol. The highest BCUT2D eigenvalue weighted by atomic mass is 79.9. The number of aromatic nitrogens is 3. The van der Waals surface area contributed by atoms with Crippen molar-refractivity contribution in [1.82, 2.24) is 15.0 Å². The number of benzene rings is 1. The summed E-state index contributed by atoms with van der Waals surface area (Å²) in [6.45, 7) is 2.46. The zero-order valence-corrected chi connectivity index (χ0v) is 13.1. The van der Waals surface area contributed by atoms with E-state index in [2.05, 4.69) is 36.2 Å². The SMILES string of the molecule is CCCOc1nc(NC)nc(Oc2cc(F)cc(Br)c2)n1. The third kappa shape index (κ3) is 4.52. The van der Waals surface area contributed by atoms with Crippen LogP contribution in [0.25, 0.3) is 0 Å². The Balaban J connectivity index is 2.25. The van der Waals surface area contributed by atoms with Crippen LogP contribution in [0.2, 0.25) is 0 Å². The van der Waals surface area contributed by atoms with Crippen molar-refractivity contribution in [2.45, 2.75) is 13.3 Å². The standard InChI is InChI=1S/C13H14BrFN4O2/c1-3-4-20-12-17-11(16-2)18-13(19-12)21-10-6-8(14)5-9(15)7-10/h5-7H,3-4H2,1-2H3,(H,16,17,18,19). The molecule has 0 fully saturated rings. The maximum Gasteiger partial charge on any atom is 0.330 e. The number of ether oxygens (including phenoxy) is 2. The number of rotatable bonds is 6. The minimum Gasteiger partial charge on any atom is -0.463 e. The Kier molecular flexibility index (Phi) is 5.26. The van der Waals surface area contributed by atoms with Gasteiger partial charge in [0.2, 0.25) is 5.95 Å². The molecule has 0 saturated carbocycles. The Morgan fingerprint density at radius 1 is 1.19 bits per heavy atom. The van der Waals surface area contributed by atoms with Crippen LogP contribution < -0.4 is 14.8 Å². The summed E-state index contributed by atoms with van der Waals surface area (Å²) in [5.41, 5.74) is 0. The highest BCUT2D eigenvalue weighted by Gasteiger charge is 2.10. The zero-order valence-electron chi connectivity index (χ0n) is 11.6. The van der Waals surface area contributed by atoms with Crippen LogP contribution >= 0.6 is 15.9 Å². The molecule has 0 aliphatic carbocycles. The van der Waals surface area contributed by atoms with E-state index in [0.29, 0.717) is 17.0 Å². The average Bonchev–Trinajstić information content (AvgIpc) is 2.43. The first-order valence-electron chi connectivity index (χ1n) is 6.31. The van der Waals surface area contributed by atoms with E-state index in [-0.39, 0.29) is 17.8 Å². The van der Waals surface area contributed by atoms with Crippen molar-refractivity contribution in [3.63, 3.8) is 0 Å². The predicted molar refractivity (Wildman–Crippen MR) is 79.3 cm³/mol. The smallest absolute Gasteiger partial charge is 0.330 e. The third-order valence-electron chi connectivity index (χ3n) is 2.30. The topological polar surface area (TPSA) is 69.2 Å². The van der Waals surface area contributed by atoms with E-state index in [1.165, 1.54) is 12.1 Å². The second kappa shape index (κ2) is 7.16. The zero-order chi connectivity index (χ0) is 15.2. The molecule has 112 valence electrons. The lowest BCUT2D eigenvalue weighted by Crippen LogP contribution is -2.06. The second-order valence-electron chi connectivity index (χ2n) is 4.03. The van der Waals surface area contributed by atoms with Gasteiger partial charge in [-0.25, -0.2) is 4.39 Å². The Bertz CT molecular complexity index is 607. The lowest BCUT2D eigenvalue weighted by Gasteiger charge is -2.08. The highest BCUT2D eigenvalue weighted by Crippen LogP contribution is 2.25. The molecule has 1 heterocycles. The molecular weight excluding hydrogens is 343 g/mol. The van der Waals surface area contributed by atoms with Crippen molar-refractivity contribution < 1.29 is 13.9 Å². The monoisotopic (exact) mass is 356 g/mol. The van der Waals surface area contributed by atoms with Crippen molar-refractivity contribution in [1.29, 1.82) is 0 Å². The van der Waals surface area contributed by atoms with E-state index in [1.807, 2.05) is 6.92 Å². The summed E-state index contributed by atoms with van der Waals surface area (Å²) in [6.07, 6.45) is 0.827. The van der Waals surface area contributed by atoms with Gasteiger partial charge in [-0.3, -0.25) is 0 Å². The van der Waals surface area contributed by atoms with Crippen LogP contribution in [-0.4, -0.2) is 28.6 Å². The van der Waals surface area contributed by atoms with Gasteiger partial charge in [0.25, 0.3) is 0 Å². The first kappa shape index (κ1) is 15.4. The molecule has 0 radical (unpaired) electrons. The number of nitrogens with zero attached hydrogens (tertiary/aromatic N) is 3. The van der Waals surface area contributed by atoms with Crippen molar-refractivity contribution in [3.05, 3.63) is 28.5 Å². The minimum absolute atomic E-state index is 0.0259. The summed E-state index contributed by atoms with van der Waals surface area (Å²) in [5.74, 6) is 0.155. The Hall–Kier alpha value is -1.96.